The van der Waals surface area contributed by atoms with Crippen LogP contribution in [-0.2, 0) is 27.7 Å². The quantitative estimate of drug-likeness (QED) is 0.447. The van der Waals surface area contributed by atoms with Gasteiger partial charge in [0.25, 0.3) is 0 Å². The fraction of sp³-hybridized carbons (Fsp3) is 0.269. The monoisotopic (exact) mass is 466 g/mol. The number of rotatable bonds is 11. The van der Waals surface area contributed by atoms with Gasteiger partial charge in [0.1, 0.15) is 5.75 Å². The summed E-state index contributed by atoms with van der Waals surface area (Å²) in [7, 11) is -1.95. The molecule has 0 aromatic heterocycles. The van der Waals surface area contributed by atoms with E-state index in [0.717, 1.165) is 22.4 Å². The van der Waals surface area contributed by atoms with Gasteiger partial charge in [-0.15, -0.1) is 0 Å². The first-order valence-corrected chi connectivity index (χ1v) is 12.4. The Labute approximate surface area is 196 Å². The highest BCUT2D eigenvalue weighted by Crippen LogP contribution is 2.18. The highest BCUT2D eigenvalue weighted by atomic mass is 32.2. The molecule has 0 saturated carbocycles. The van der Waals surface area contributed by atoms with Crippen LogP contribution in [0.2, 0.25) is 0 Å². The van der Waals surface area contributed by atoms with Crippen molar-refractivity contribution in [2.24, 2.45) is 0 Å². The number of carbonyl (C=O) groups excluding carboxylic acids is 1. The summed E-state index contributed by atoms with van der Waals surface area (Å²) in [5.41, 5.74) is 2.99. The van der Waals surface area contributed by atoms with Crippen LogP contribution in [0.5, 0.6) is 5.75 Å². The Morgan fingerprint density at radius 2 is 1.52 bits per heavy atom. The van der Waals surface area contributed by atoms with Gasteiger partial charge in [-0.3, -0.25) is 4.79 Å². The Balaban J connectivity index is 1.46. The van der Waals surface area contributed by atoms with E-state index in [1.54, 1.807) is 31.4 Å². The van der Waals surface area contributed by atoms with E-state index in [9.17, 15) is 13.2 Å². The zero-order valence-electron chi connectivity index (χ0n) is 19.0. The predicted octanol–water partition coefficient (Wildman–Crippen LogP) is 4.03. The molecular formula is C26H30N2O4S. The molecule has 174 valence electrons. The fourth-order valence-corrected chi connectivity index (χ4v) is 4.47. The molecule has 33 heavy (non-hydrogen) atoms. The average Bonchev–Trinajstić information content (AvgIpc) is 2.83. The number of nitrogens with one attached hydrogen (secondary N) is 2. The van der Waals surface area contributed by atoms with Gasteiger partial charge in [-0.1, -0.05) is 54.6 Å². The third-order valence-electron chi connectivity index (χ3n) is 5.42. The maximum Gasteiger partial charge on any atom is 0.240 e. The lowest BCUT2D eigenvalue weighted by atomic mass is 10.1. The maximum absolute atomic E-state index is 12.5. The second kappa shape index (κ2) is 11.6. The van der Waals surface area contributed by atoms with Crippen molar-refractivity contribution in [3.8, 4) is 5.75 Å². The van der Waals surface area contributed by atoms with Crippen LogP contribution in [0.3, 0.4) is 0 Å². The molecule has 0 aliphatic rings. The summed E-state index contributed by atoms with van der Waals surface area (Å²) in [6.07, 6.45) is 1.48. The molecule has 1 atom stereocenters. The van der Waals surface area contributed by atoms with Crippen molar-refractivity contribution in [2.45, 2.75) is 37.1 Å². The molecule has 0 aliphatic carbocycles. The van der Waals surface area contributed by atoms with Crippen LogP contribution < -0.4 is 14.8 Å². The number of hydrogen-bond acceptors (Lipinski definition) is 4. The number of aryl methyl sites for hydroxylation is 1. The van der Waals surface area contributed by atoms with Gasteiger partial charge in [0.2, 0.25) is 15.9 Å². The van der Waals surface area contributed by atoms with E-state index < -0.39 is 10.0 Å². The van der Waals surface area contributed by atoms with Crippen molar-refractivity contribution in [2.75, 3.05) is 13.7 Å². The van der Waals surface area contributed by atoms with Crippen LogP contribution in [0.15, 0.2) is 83.8 Å². The van der Waals surface area contributed by atoms with Crippen molar-refractivity contribution in [1.82, 2.24) is 10.0 Å². The highest BCUT2D eigenvalue weighted by Gasteiger charge is 2.14. The van der Waals surface area contributed by atoms with Gasteiger partial charge in [-0.05, 0) is 60.7 Å². The second-order valence-corrected chi connectivity index (χ2v) is 9.61. The third kappa shape index (κ3) is 7.44. The van der Waals surface area contributed by atoms with E-state index in [0.29, 0.717) is 25.8 Å². The van der Waals surface area contributed by atoms with E-state index in [1.807, 2.05) is 61.5 Å². The van der Waals surface area contributed by atoms with Gasteiger partial charge in [-0.25, -0.2) is 13.1 Å². The molecule has 7 heteroatoms. The van der Waals surface area contributed by atoms with Crippen molar-refractivity contribution < 1.29 is 17.9 Å². The fourth-order valence-electron chi connectivity index (χ4n) is 3.44. The SMILES string of the molecule is COc1ccc([C@H](C)NC(=O)CCc2ccc(S(=O)(=O)NCCc3ccccc3)cc2)cc1. The van der Waals surface area contributed by atoms with E-state index in [4.69, 9.17) is 4.74 Å². The topological polar surface area (TPSA) is 84.5 Å². The van der Waals surface area contributed by atoms with Crippen LogP contribution in [0, 0.1) is 0 Å². The molecule has 1 amide bonds. The van der Waals surface area contributed by atoms with E-state index >= 15 is 0 Å². The van der Waals surface area contributed by atoms with Crippen molar-refractivity contribution in [3.63, 3.8) is 0 Å². The molecular weight excluding hydrogens is 436 g/mol. The summed E-state index contributed by atoms with van der Waals surface area (Å²) >= 11 is 0. The van der Waals surface area contributed by atoms with Crippen molar-refractivity contribution >= 4 is 15.9 Å². The Bertz CT molecular complexity index is 1130. The molecule has 3 rings (SSSR count). The van der Waals surface area contributed by atoms with E-state index in [1.165, 1.54) is 0 Å². The van der Waals surface area contributed by atoms with Crippen LogP contribution in [-0.4, -0.2) is 28.0 Å². The number of ether oxygens (including phenoxy) is 1. The number of amides is 1. The predicted molar refractivity (Wildman–Crippen MR) is 130 cm³/mol. The number of hydrogen-bond donors (Lipinski definition) is 2. The Morgan fingerprint density at radius 1 is 0.879 bits per heavy atom. The molecule has 0 spiro atoms. The molecule has 3 aromatic rings. The number of methoxy groups -OCH3 is 1. The normalized spacial score (nSPS) is 12.2. The molecule has 0 heterocycles. The largest absolute Gasteiger partial charge is 0.497 e. The van der Waals surface area contributed by atoms with Gasteiger partial charge in [0, 0.05) is 13.0 Å². The molecule has 0 aliphatic heterocycles. The summed E-state index contributed by atoms with van der Waals surface area (Å²) in [5, 5.41) is 2.99. The van der Waals surface area contributed by atoms with Gasteiger partial charge < -0.3 is 10.1 Å². The summed E-state index contributed by atoms with van der Waals surface area (Å²) in [6.45, 7) is 2.27. The maximum atomic E-state index is 12.5. The van der Waals surface area contributed by atoms with E-state index in [2.05, 4.69) is 10.0 Å². The molecule has 0 radical (unpaired) electrons. The summed E-state index contributed by atoms with van der Waals surface area (Å²) in [6, 6.07) is 23.9. The summed E-state index contributed by atoms with van der Waals surface area (Å²) in [5.74, 6) is 0.715. The number of benzene rings is 3. The number of sulfonamides is 1. The third-order valence-corrected chi connectivity index (χ3v) is 6.89. The molecule has 0 unspecified atom stereocenters. The molecule has 0 saturated heterocycles. The first-order valence-electron chi connectivity index (χ1n) is 10.9. The van der Waals surface area contributed by atoms with Gasteiger partial charge in [0.05, 0.1) is 18.0 Å². The van der Waals surface area contributed by atoms with Crippen molar-refractivity contribution in [3.05, 3.63) is 95.6 Å². The van der Waals surface area contributed by atoms with E-state index in [-0.39, 0.29) is 16.8 Å². The lowest BCUT2D eigenvalue weighted by Gasteiger charge is -2.15. The van der Waals surface area contributed by atoms with Crippen LogP contribution >= 0.6 is 0 Å². The van der Waals surface area contributed by atoms with Crippen LogP contribution in [0.4, 0.5) is 0 Å². The van der Waals surface area contributed by atoms with Gasteiger partial charge >= 0.3 is 0 Å². The molecule has 2 N–H and O–H groups in total. The zero-order valence-corrected chi connectivity index (χ0v) is 19.8. The zero-order chi connectivity index (χ0) is 23.7. The van der Waals surface area contributed by atoms with Gasteiger partial charge in [-0.2, -0.15) is 0 Å². The Morgan fingerprint density at radius 3 is 2.15 bits per heavy atom. The lowest BCUT2D eigenvalue weighted by Crippen LogP contribution is -2.27. The molecule has 0 fully saturated rings. The second-order valence-electron chi connectivity index (χ2n) is 7.84. The van der Waals surface area contributed by atoms with Crippen LogP contribution in [0.1, 0.15) is 36.1 Å². The minimum atomic E-state index is -3.57. The minimum absolute atomic E-state index is 0.0578. The first kappa shape index (κ1) is 24.5. The minimum Gasteiger partial charge on any atom is -0.497 e. The highest BCUT2D eigenvalue weighted by molar-refractivity contribution is 7.89. The summed E-state index contributed by atoms with van der Waals surface area (Å²) < 4.78 is 32.8. The molecule has 0 bridgehead atoms. The first-order chi connectivity index (χ1) is 15.9. The summed E-state index contributed by atoms with van der Waals surface area (Å²) in [4.78, 5) is 12.6. The average molecular weight is 467 g/mol. The van der Waals surface area contributed by atoms with Crippen LogP contribution in [0.25, 0.3) is 0 Å². The standard InChI is InChI=1S/C26H30N2O4S/c1-20(23-11-13-24(32-2)14-12-23)28-26(29)17-10-22-8-15-25(16-9-22)33(30,31)27-19-18-21-6-4-3-5-7-21/h3-9,11-16,20,27H,10,17-19H2,1-2H3,(H,28,29)/t20-/m0/s1. The Hall–Kier alpha value is -3.16. The molecule has 6 nitrogen and oxygen atoms in total. The Kier molecular flexibility index (Phi) is 8.63. The van der Waals surface area contributed by atoms with Gasteiger partial charge in [0.15, 0.2) is 0 Å². The lowest BCUT2D eigenvalue weighted by molar-refractivity contribution is -0.121. The van der Waals surface area contributed by atoms with Crippen molar-refractivity contribution in [1.29, 1.82) is 0 Å². The number of carbonyl (C=O) groups is 1. The molecule has 3 aromatic carbocycles. The smallest absolute Gasteiger partial charge is 0.240 e.